The molecule has 0 bridgehead atoms. The van der Waals surface area contributed by atoms with E-state index in [1.54, 1.807) is 18.2 Å². The number of nitro groups is 1. The van der Waals surface area contributed by atoms with Gasteiger partial charge in [0.2, 0.25) is 5.91 Å². The minimum Gasteiger partial charge on any atom is -0.273 e. The van der Waals surface area contributed by atoms with Gasteiger partial charge in [0, 0.05) is 10.9 Å². The Morgan fingerprint density at radius 2 is 2.15 bits per heavy atom. The van der Waals surface area contributed by atoms with Crippen LogP contribution < -0.4 is 5.43 Å². The van der Waals surface area contributed by atoms with Gasteiger partial charge >= 0.3 is 0 Å². The van der Waals surface area contributed by atoms with Crippen LogP contribution in [0, 0.1) is 10.1 Å². The third kappa shape index (κ3) is 3.72. The molecule has 0 fully saturated rings. The number of hydrogen-bond acceptors (Lipinski definition) is 5. The van der Waals surface area contributed by atoms with Crippen LogP contribution >= 0.6 is 11.3 Å². The lowest BCUT2D eigenvalue weighted by Crippen LogP contribution is -2.19. The number of thiophene rings is 1. The van der Waals surface area contributed by atoms with Gasteiger partial charge in [-0.2, -0.15) is 5.10 Å². The van der Waals surface area contributed by atoms with Gasteiger partial charge in [-0.25, -0.2) is 5.43 Å². The molecule has 1 amide bonds. The van der Waals surface area contributed by atoms with Crippen LogP contribution in [0.5, 0.6) is 0 Å². The SMILES string of the molecule is O=C(Cc1cccs1)NN=Cc1ccccc1[N+](=O)[O-]. The van der Waals surface area contributed by atoms with E-state index in [0.29, 0.717) is 5.56 Å². The Kier molecular flexibility index (Phi) is 4.56. The molecule has 0 aliphatic carbocycles. The van der Waals surface area contributed by atoms with Crippen molar-refractivity contribution >= 4 is 29.1 Å². The zero-order valence-corrected chi connectivity index (χ0v) is 11.2. The van der Waals surface area contributed by atoms with Gasteiger partial charge in [-0.1, -0.05) is 18.2 Å². The predicted molar refractivity (Wildman–Crippen MR) is 76.9 cm³/mol. The zero-order chi connectivity index (χ0) is 14.4. The van der Waals surface area contributed by atoms with Gasteiger partial charge in [0.25, 0.3) is 5.69 Å². The van der Waals surface area contributed by atoms with Gasteiger partial charge in [-0.05, 0) is 17.5 Å². The quantitative estimate of drug-likeness (QED) is 0.521. The van der Waals surface area contributed by atoms with Crippen LogP contribution in [0.1, 0.15) is 10.4 Å². The molecule has 0 spiro atoms. The summed E-state index contributed by atoms with van der Waals surface area (Å²) < 4.78 is 0. The molecule has 102 valence electrons. The average Bonchev–Trinajstić information content (AvgIpc) is 2.92. The zero-order valence-electron chi connectivity index (χ0n) is 10.4. The number of benzene rings is 1. The van der Waals surface area contributed by atoms with Crippen LogP contribution in [0.15, 0.2) is 46.9 Å². The summed E-state index contributed by atoms with van der Waals surface area (Å²) >= 11 is 1.49. The molecule has 1 aromatic heterocycles. The molecule has 2 aromatic rings. The molecular formula is C13H11N3O3S. The Morgan fingerprint density at radius 3 is 2.85 bits per heavy atom. The van der Waals surface area contributed by atoms with Crippen molar-refractivity contribution in [3.05, 3.63) is 62.3 Å². The molecule has 7 heteroatoms. The second-order valence-electron chi connectivity index (χ2n) is 3.87. The normalized spacial score (nSPS) is 10.6. The molecule has 1 N–H and O–H groups in total. The third-order valence-electron chi connectivity index (χ3n) is 2.44. The first-order chi connectivity index (χ1) is 9.66. The van der Waals surface area contributed by atoms with Gasteiger partial charge in [-0.15, -0.1) is 11.3 Å². The molecule has 6 nitrogen and oxygen atoms in total. The Bertz CT molecular complexity index is 638. The first-order valence-corrected chi connectivity index (χ1v) is 6.62. The summed E-state index contributed by atoms with van der Waals surface area (Å²) in [7, 11) is 0. The molecule has 0 saturated carbocycles. The summed E-state index contributed by atoms with van der Waals surface area (Å²) in [4.78, 5) is 22.8. The Balaban J connectivity index is 1.96. The Morgan fingerprint density at radius 1 is 1.35 bits per heavy atom. The maximum atomic E-state index is 11.6. The van der Waals surface area contributed by atoms with Crippen LogP contribution in [0.4, 0.5) is 5.69 Å². The van der Waals surface area contributed by atoms with Gasteiger partial charge in [0.05, 0.1) is 23.1 Å². The maximum Gasteiger partial charge on any atom is 0.278 e. The lowest BCUT2D eigenvalue weighted by atomic mass is 10.2. The first-order valence-electron chi connectivity index (χ1n) is 5.74. The van der Waals surface area contributed by atoms with Gasteiger partial charge in [0.1, 0.15) is 0 Å². The molecule has 0 saturated heterocycles. The summed E-state index contributed by atoms with van der Waals surface area (Å²) in [6.45, 7) is 0. The molecule has 0 radical (unpaired) electrons. The number of hydrazone groups is 1. The maximum absolute atomic E-state index is 11.6. The molecule has 0 unspecified atom stereocenters. The first kappa shape index (κ1) is 13.9. The molecule has 1 heterocycles. The number of nitrogens with zero attached hydrogens (tertiary/aromatic N) is 2. The van der Waals surface area contributed by atoms with E-state index in [-0.39, 0.29) is 18.0 Å². The number of carbonyl (C=O) groups excluding carboxylic acids is 1. The van der Waals surface area contributed by atoms with Crippen molar-refractivity contribution in [1.29, 1.82) is 0 Å². The number of carbonyl (C=O) groups is 1. The van der Waals surface area contributed by atoms with Crippen molar-refractivity contribution in [2.24, 2.45) is 5.10 Å². The van der Waals surface area contributed by atoms with E-state index in [4.69, 9.17) is 0 Å². The smallest absolute Gasteiger partial charge is 0.273 e. The fraction of sp³-hybridized carbons (Fsp3) is 0.0769. The molecular weight excluding hydrogens is 278 g/mol. The number of amides is 1. The fourth-order valence-corrected chi connectivity index (χ4v) is 2.25. The van der Waals surface area contributed by atoms with E-state index in [2.05, 4.69) is 10.5 Å². The fourth-order valence-electron chi connectivity index (χ4n) is 1.55. The van der Waals surface area contributed by atoms with Crippen LogP contribution in [-0.2, 0) is 11.2 Å². The summed E-state index contributed by atoms with van der Waals surface area (Å²) in [5.41, 5.74) is 2.64. The number of nitro benzene ring substituents is 1. The second kappa shape index (κ2) is 6.58. The van der Waals surface area contributed by atoms with E-state index in [1.807, 2.05) is 17.5 Å². The molecule has 1 aromatic carbocycles. The van der Waals surface area contributed by atoms with Crippen LogP contribution in [0.2, 0.25) is 0 Å². The van der Waals surface area contributed by atoms with Crippen molar-refractivity contribution in [2.45, 2.75) is 6.42 Å². The minimum atomic E-state index is -0.491. The Labute approximate surface area is 118 Å². The van der Waals surface area contributed by atoms with Crippen molar-refractivity contribution < 1.29 is 9.72 Å². The Hall–Kier alpha value is -2.54. The second-order valence-corrected chi connectivity index (χ2v) is 4.90. The van der Waals surface area contributed by atoms with Crippen molar-refractivity contribution in [1.82, 2.24) is 5.43 Å². The molecule has 2 rings (SSSR count). The van der Waals surface area contributed by atoms with Crippen LogP contribution in [0.25, 0.3) is 0 Å². The summed E-state index contributed by atoms with van der Waals surface area (Å²) in [5, 5.41) is 16.4. The highest BCUT2D eigenvalue weighted by atomic mass is 32.1. The highest BCUT2D eigenvalue weighted by Crippen LogP contribution is 2.15. The van der Waals surface area contributed by atoms with Gasteiger partial charge < -0.3 is 0 Å². The molecule has 20 heavy (non-hydrogen) atoms. The summed E-state index contributed by atoms with van der Waals surface area (Å²) in [6.07, 6.45) is 1.51. The predicted octanol–water partition coefficient (Wildman–Crippen LogP) is 2.35. The number of rotatable bonds is 5. The monoisotopic (exact) mass is 289 g/mol. The lowest BCUT2D eigenvalue weighted by molar-refractivity contribution is -0.385. The standard InChI is InChI=1S/C13H11N3O3S/c17-13(8-11-5-3-7-20-11)15-14-9-10-4-1-2-6-12(10)16(18)19/h1-7,9H,8H2,(H,15,17). The largest absolute Gasteiger partial charge is 0.278 e. The molecule has 0 aliphatic heterocycles. The number of hydrogen-bond donors (Lipinski definition) is 1. The van der Waals surface area contributed by atoms with Gasteiger partial charge in [0.15, 0.2) is 0 Å². The minimum absolute atomic E-state index is 0.0521. The third-order valence-corrected chi connectivity index (χ3v) is 3.32. The van der Waals surface area contributed by atoms with Crippen LogP contribution in [-0.4, -0.2) is 17.0 Å². The van der Waals surface area contributed by atoms with Crippen molar-refractivity contribution in [3.63, 3.8) is 0 Å². The van der Waals surface area contributed by atoms with Crippen molar-refractivity contribution in [2.75, 3.05) is 0 Å². The van der Waals surface area contributed by atoms with E-state index >= 15 is 0 Å². The highest BCUT2D eigenvalue weighted by molar-refractivity contribution is 7.10. The van der Waals surface area contributed by atoms with Gasteiger partial charge in [-0.3, -0.25) is 14.9 Å². The van der Waals surface area contributed by atoms with E-state index in [0.717, 1.165) is 4.88 Å². The van der Waals surface area contributed by atoms with E-state index in [1.165, 1.54) is 23.6 Å². The van der Waals surface area contributed by atoms with Crippen LogP contribution in [0.3, 0.4) is 0 Å². The topological polar surface area (TPSA) is 84.6 Å². The lowest BCUT2D eigenvalue weighted by Gasteiger charge is -1.98. The average molecular weight is 289 g/mol. The molecule has 0 atom stereocenters. The summed E-state index contributed by atoms with van der Waals surface area (Å²) in [6, 6.07) is 9.91. The van der Waals surface area contributed by atoms with E-state index in [9.17, 15) is 14.9 Å². The number of para-hydroxylation sites is 1. The molecule has 0 aliphatic rings. The highest BCUT2D eigenvalue weighted by Gasteiger charge is 2.10. The summed E-state index contributed by atoms with van der Waals surface area (Å²) in [5.74, 6) is -0.262. The van der Waals surface area contributed by atoms with E-state index < -0.39 is 4.92 Å². The van der Waals surface area contributed by atoms with Crippen molar-refractivity contribution in [3.8, 4) is 0 Å². The number of nitrogens with one attached hydrogen (secondary N) is 1.